The molecule has 3 heterocycles. The molecule has 0 atom stereocenters. The van der Waals surface area contributed by atoms with Gasteiger partial charge in [0.25, 0.3) is 0 Å². The summed E-state index contributed by atoms with van der Waals surface area (Å²) < 4.78 is 14.5. The summed E-state index contributed by atoms with van der Waals surface area (Å²) in [4.78, 5) is 17.2. The van der Waals surface area contributed by atoms with Crippen LogP contribution >= 0.6 is 0 Å². The van der Waals surface area contributed by atoms with Crippen LogP contribution in [-0.2, 0) is 11.3 Å². The smallest absolute Gasteiger partial charge is 0.360 e. The molecule has 0 bridgehead atoms. The zero-order chi connectivity index (χ0) is 24.5. The number of aromatic nitrogens is 6. The Bertz CT molecular complexity index is 1690. The molecule has 0 amide bonds. The fourth-order valence-corrected chi connectivity index (χ4v) is 4.15. The van der Waals surface area contributed by atoms with E-state index in [1.807, 2.05) is 85.1 Å². The normalized spacial score (nSPS) is 11.1. The van der Waals surface area contributed by atoms with Crippen LogP contribution in [0.4, 0.5) is 0 Å². The van der Waals surface area contributed by atoms with E-state index >= 15 is 0 Å². The van der Waals surface area contributed by atoms with Crippen molar-refractivity contribution < 1.29 is 14.3 Å². The van der Waals surface area contributed by atoms with Crippen molar-refractivity contribution in [2.45, 2.75) is 6.61 Å². The first-order valence-corrected chi connectivity index (χ1v) is 11.3. The molecule has 0 aliphatic rings. The van der Waals surface area contributed by atoms with E-state index in [1.54, 1.807) is 4.68 Å². The molecule has 0 aliphatic carbocycles. The summed E-state index contributed by atoms with van der Waals surface area (Å²) in [7, 11) is 1.33. The summed E-state index contributed by atoms with van der Waals surface area (Å²) >= 11 is 0. The Kier molecular flexibility index (Phi) is 5.34. The van der Waals surface area contributed by atoms with Gasteiger partial charge in [-0.1, -0.05) is 59.8 Å². The van der Waals surface area contributed by atoms with E-state index in [4.69, 9.17) is 9.47 Å². The molecule has 3 aromatic carbocycles. The molecular formula is C27H20N6O3. The number of rotatable bonds is 6. The van der Waals surface area contributed by atoms with Crippen molar-refractivity contribution in [3.8, 4) is 22.7 Å². The minimum atomic E-state index is -0.564. The second-order valence-corrected chi connectivity index (χ2v) is 8.08. The Morgan fingerprint density at radius 3 is 2.50 bits per heavy atom. The minimum absolute atomic E-state index is 0.177. The molecule has 6 aromatic rings. The maximum absolute atomic E-state index is 12.8. The molecule has 9 nitrogen and oxygen atoms in total. The fourth-order valence-electron chi connectivity index (χ4n) is 4.15. The fraction of sp³-hybridized carbons (Fsp3) is 0.0741. The molecular weight excluding hydrogens is 456 g/mol. The highest BCUT2D eigenvalue weighted by Gasteiger charge is 2.24. The van der Waals surface area contributed by atoms with Crippen molar-refractivity contribution in [2.75, 3.05) is 7.11 Å². The Hall–Kier alpha value is -5.05. The molecule has 36 heavy (non-hydrogen) atoms. The number of methoxy groups -OCH3 is 1. The molecule has 0 N–H and O–H groups in total. The third kappa shape index (κ3) is 3.72. The van der Waals surface area contributed by atoms with Crippen LogP contribution in [0.3, 0.4) is 0 Å². The Morgan fingerprint density at radius 2 is 1.72 bits per heavy atom. The SMILES string of the molecule is COC(=O)c1c(OCc2ccccc2)c2ccc(-c3cn(-c4ccccc4)nn3)cc2c2ncnn12. The number of carbonyl (C=O) groups is 1. The van der Waals surface area contributed by atoms with Crippen molar-refractivity contribution in [2.24, 2.45) is 0 Å². The minimum Gasteiger partial charge on any atom is -0.486 e. The number of para-hydroxylation sites is 1. The number of esters is 1. The number of pyridine rings is 1. The summed E-state index contributed by atoms with van der Waals surface area (Å²) in [6.45, 7) is 0.271. The lowest BCUT2D eigenvalue weighted by molar-refractivity contribution is 0.0585. The molecule has 0 spiro atoms. The number of carbonyl (C=O) groups excluding carboxylic acids is 1. The zero-order valence-electron chi connectivity index (χ0n) is 19.3. The van der Waals surface area contributed by atoms with E-state index in [1.165, 1.54) is 18.0 Å². The monoisotopic (exact) mass is 476 g/mol. The van der Waals surface area contributed by atoms with Gasteiger partial charge in [0.2, 0.25) is 0 Å². The van der Waals surface area contributed by atoms with Crippen LogP contribution in [0.25, 0.3) is 33.4 Å². The lowest BCUT2D eigenvalue weighted by Gasteiger charge is -2.15. The first-order valence-electron chi connectivity index (χ1n) is 11.3. The van der Waals surface area contributed by atoms with E-state index in [0.29, 0.717) is 22.5 Å². The summed E-state index contributed by atoms with van der Waals surface area (Å²) in [5, 5.41) is 14.4. The van der Waals surface area contributed by atoms with Gasteiger partial charge in [-0.15, -0.1) is 5.10 Å². The number of ether oxygens (including phenoxy) is 2. The molecule has 0 aliphatic heterocycles. The van der Waals surface area contributed by atoms with Gasteiger partial charge in [-0.2, -0.15) is 5.10 Å². The van der Waals surface area contributed by atoms with Gasteiger partial charge in [0.15, 0.2) is 17.1 Å². The average Bonchev–Trinajstić information content (AvgIpc) is 3.63. The predicted octanol–water partition coefficient (Wildman–Crippen LogP) is 4.50. The molecule has 0 radical (unpaired) electrons. The molecule has 0 unspecified atom stereocenters. The van der Waals surface area contributed by atoms with Gasteiger partial charge in [-0.25, -0.2) is 19.0 Å². The van der Waals surface area contributed by atoms with E-state index < -0.39 is 5.97 Å². The lowest BCUT2D eigenvalue weighted by atomic mass is 10.0. The van der Waals surface area contributed by atoms with Gasteiger partial charge in [-0.3, -0.25) is 0 Å². The summed E-state index contributed by atoms with van der Waals surface area (Å²) in [5.41, 5.74) is 4.10. The zero-order valence-corrected chi connectivity index (χ0v) is 19.3. The molecule has 176 valence electrons. The third-order valence-electron chi connectivity index (χ3n) is 5.89. The van der Waals surface area contributed by atoms with Crippen molar-refractivity contribution in [3.05, 3.63) is 103 Å². The Morgan fingerprint density at radius 1 is 0.944 bits per heavy atom. The van der Waals surface area contributed by atoms with Crippen LogP contribution in [0.2, 0.25) is 0 Å². The first kappa shape index (κ1) is 21.5. The highest BCUT2D eigenvalue weighted by Crippen LogP contribution is 2.35. The van der Waals surface area contributed by atoms with Gasteiger partial charge < -0.3 is 9.47 Å². The maximum atomic E-state index is 12.8. The molecule has 6 rings (SSSR count). The highest BCUT2D eigenvalue weighted by molar-refractivity contribution is 6.06. The Labute approximate surface area is 205 Å². The van der Waals surface area contributed by atoms with Gasteiger partial charge in [0.1, 0.15) is 18.6 Å². The van der Waals surface area contributed by atoms with Gasteiger partial charge in [0.05, 0.1) is 19.0 Å². The quantitative estimate of drug-likeness (QED) is 0.327. The van der Waals surface area contributed by atoms with Crippen LogP contribution in [0.15, 0.2) is 91.4 Å². The van der Waals surface area contributed by atoms with E-state index in [0.717, 1.165) is 22.2 Å². The van der Waals surface area contributed by atoms with Crippen LogP contribution < -0.4 is 4.74 Å². The summed E-state index contributed by atoms with van der Waals surface area (Å²) in [6.07, 6.45) is 3.27. The molecule has 3 aromatic heterocycles. The van der Waals surface area contributed by atoms with Gasteiger partial charge >= 0.3 is 5.97 Å². The van der Waals surface area contributed by atoms with E-state index in [-0.39, 0.29) is 12.3 Å². The maximum Gasteiger partial charge on any atom is 0.360 e. The molecule has 0 saturated heterocycles. The summed E-state index contributed by atoms with van der Waals surface area (Å²) in [5.74, 6) is -0.191. The van der Waals surface area contributed by atoms with E-state index in [9.17, 15) is 4.79 Å². The van der Waals surface area contributed by atoms with Gasteiger partial charge in [0, 0.05) is 16.3 Å². The number of hydrogen-bond acceptors (Lipinski definition) is 7. The van der Waals surface area contributed by atoms with Gasteiger partial charge in [-0.05, 0) is 29.8 Å². The number of benzene rings is 3. The second kappa shape index (κ2) is 8.95. The lowest BCUT2D eigenvalue weighted by Crippen LogP contribution is -2.13. The average molecular weight is 476 g/mol. The first-order chi connectivity index (χ1) is 17.7. The third-order valence-corrected chi connectivity index (χ3v) is 5.89. The molecule has 0 saturated carbocycles. The topological polar surface area (TPSA) is 96.4 Å². The Balaban J connectivity index is 1.50. The van der Waals surface area contributed by atoms with Crippen molar-refractivity contribution in [1.29, 1.82) is 0 Å². The number of nitrogens with zero attached hydrogens (tertiary/aromatic N) is 6. The predicted molar refractivity (Wildman–Crippen MR) is 133 cm³/mol. The second-order valence-electron chi connectivity index (χ2n) is 8.08. The standard InChI is InChI=1S/C27H20N6O3/c1-35-27(34)24-25(36-16-18-8-4-2-5-9-18)21-13-12-19(14-22(21)26-28-17-29-33(24)26)23-15-32(31-30-23)20-10-6-3-7-11-20/h2-15,17H,16H2,1H3. The molecule has 0 fully saturated rings. The number of fused-ring (bicyclic) bond motifs is 3. The molecule has 9 heteroatoms. The van der Waals surface area contributed by atoms with Crippen molar-refractivity contribution in [1.82, 2.24) is 29.6 Å². The van der Waals surface area contributed by atoms with E-state index in [2.05, 4.69) is 20.4 Å². The van der Waals surface area contributed by atoms with Crippen LogP contribution in [0, 0.1) is 0 Å². The van der Waals surface area contributed by atoms with Crippen molar-refractivity contribution >= 4 is 22.4 Å². The summed E-state index contributed by atoms with van der Waals surface area (Å²) in [6, 6.07) is 25.3. The largest absolute Gasteiger partial charge is 0.486 e. The highest BCUT2D eigenvalue weighted by atomic mass is 16.5. The number of hydrogen-bond donors (Lipinski definition) is 0. The van der Waals surface area contributed by atoms with Crippen LogP contribution in [0.5, 0.6) is 5.75 Å². The van der Waals surface area contributed by atoms with Crippen LogP contribution in [-0.4, -0.2) is 42.7 Å². The van der Waals surface area contributed by atoms with Crippen LogP contribution in [0.1, 0.15) is 16.1 Å². The van der Waals surface area contributed by atoms with Crippen molar-refractivity contribution in [3.63, 3.8) is 0 Å².